The van der Waals surface area contributed by atoms with Crippen molar-refractivity contribution >= 4 is 12.1 Å². The van der Waals surface area contributed by atoms with E-state index in [4.69, 9.17) is 0 Å². The maximum atomic E-state index is 12.5. The second-order valence-electron chi connectivity index (χ2n) is 3.72. The Balaban J connectivity index is 2.40. The Morgan fingerprint density at radius 3 is 2.50 bits per heavy atom. The number of rotatable bonds is 2. The van der Waals surface area contributed by atoms with Crippen molar-refractivity contribution in [1.29, 1.82) is 0 Å². The Kier molecular flexibility index (Phi) is 2.81. The molecule has 1 aliphatic rings. The first-order valence-electron chi connectivity index (χ1n) is 4.90. The van der Waals surface area contributed by atoms with Gasteiger partial charge >= 0.3 is 6.18 Å². The SMILES string of the molecule is O=CN1N=C(C(F)(F)F)C[C@]1(O)c1ccncc1. The smallest absolute Gasteiger partial charge is 0.365 e. The molecular formula is C10H8F3N3O2. The van der Waals surface area contributed by atoms with E-state index in [1.807, 2.05) is 0 Å². The Hall–Kier alpha value is -1.96. The van der Waals surface area contributed by atoms with E-state index >= 15 is 0 Å². The lowest BCUT2D eigenvalue weighted by Gasteiger charge is -2.28. The largest absolute Gasteiger partial charge is 0.431 e. The number of pyridine rings is 1. The van der Waals surface area contributed by atoms with Crippen LogP contribution in [0.15, 0.2) is 29.6 Å². The highest BCUT2D eigenvalue weighted by molar-refractivity contribution is 5.92. The fourth-order valence-corrected chi connectivity index (χ4v) is 1.68. The molecule has 1 aliphatic heterocycles. The number of hydrogen-bond acceptors (Lipinski definition) is 4. The quantitative estimate of drug-likeness (QED) is 0.806. The Labute approximate surface area is 99.5 Å². The molecule has 1 amide bonds. The third kappa shape index (κ3) is 1.94. The Morgan fingerprint density at radius 1 is 1.39 bits per heavy atom. The minimum absolute atomic E-state index is 0.0547. The molecule has 0 bridgehead atoms. The fourth-order valence-electron chi connectivity index (χ4n) is 1.68. The van der Waals surface area contributed by atoms with E-state index in [-0.39, 0.29) is 12.0 Å². The van der Waals surface area contributed by atoms with Gasteiger partial charge in [-0.2, -0.15) is 23.3 Å². The number of nitrogens with zero attached hydrogens (tertiary/aromatic N) is 3. The number of hydrazone groups is 1. The lowest BCUT2D eigenvalue weighted by atomic mass is 9.98. The van der Waals surface area contributed by atoms with Gasteiger partial charge < -0.3 is 5.11 Å². The van der Waals surface area contributed by atoms with Gasteiger partial charge in [-0.05, 0) is 12.1 Å². The van der Waals surface area contributed by atoms with Gasteiger partial charge in [-0.15, -0.1) is 0 Å². The van der Waals surface area contributed by atoms with E-state index in [0.29, 0.717) is 5.01 Å². The van der Waals surface area contributed by atoms with E-state index < -0.39 is 24.0 Å². The molecule has 96 valence electrons. The zero-order valence-electron chi connectivity index (χ0n) is 8.92. The molecule has 18 heavy (non-hydrogen) atoms. The topological polar surface area (TPSA) is 65.8 Å². The Morgan fingerprint density at radius 2 is 2.00 bits per heavy atom. The molecule has 1 aromatic heterocycles. The fraction of sp³-hybridized carbons (Fsp3) is 0.300. The summed E-state index contributed by atoms with van der Waals surface area (Å²) >= 11 is 0. The number of aromatic nitrogens is 1. The summed E-state index contributed by atoms with van der Waals surface area (Å²) in [6, 6.07) is 2.65. The second-order valence-corrected chi connectivity index (χ2v) is 3.72. The first kappa shape index (κ1) is 12.5. The van der Waals surface area contributed by atoms with Crippen LogP contribution in [-0.4, -0.2) is 33.4 Å². The first-order valence-corrected chi connectivity index (χ1v) is 4.90. The molecule has 0 unspecified atom stereocenters. The second kappa shape index (κ2) is 4.05. The van der Waals surface area contributed by atoms with Gasteiger partial charge in [0.05, 0.1) is 6.42 Å². The summed E-state index contributed by atoms with van der Waals surface area (Å²) in [5.74, 6) is 0. The van der Waals surface area contributed by atoms with Crippen LogP contribution in [0.25, 0.3) is 0 Å². The highest BCUT2D eigenvalue weighted by Gasteiger charge is 2.51. The minimum atomic E-state index is -4.68. The van der Waals surface area contributed by atoms with Crippen LogP contribution in [0.3, 0.4) is 0 Å². The van der Waals surface area contributed by atoms with Crippen molar-refractivity contribution in [3.63, 3.8) is 0 Å². The van der Waals surface area contributed by atoms with Crippen LogP contribution in [0.1, 0.15) is 12.0 Å². The van der Waals surface area contributed by atoms with E-state index in [2.05, 4.69) is 10.1 Å². The molecule has 0 aromatic carbocycles. The van der Waals surface area contributed by atoms with Gasteiger partial charge in [0.1, 0.15) is 5.71 Å². The van der Waals surface area contributed by atoms with Crippen molar-refractivity contribution in [2.24, 2.45) is 5.10 Å². The van der Waals surface area contributed by atoms with Gasteiger partial charge in [0.25, 0.3) is 0 Å². The van der Waals surface area contributed by atoms with E-state index in [0.717, 1.165) is 0 Å². The first-order chi connectivity index (χ1) is 8.38. The van der Waals surface area contributed by atoms with Gasteiger partial charge in [-0.3, -0.25) is 9.78 Å². The van der Waals surface area contributed by atoms with Crippen LogP contribution in [0, 0.1) is 0 Å². The van der Waals surface area contributed by atoms with Crippen molar-refractivity contribution in [1.82, 2.24) is 9.99 Å². The zero-order valence-corrected chi connectivity index (χ0v) is 8.92. The highest BCUT2D eigenvalue weighted by Crippen LogP contribution is 2.38. The number of aliphatic hydroxyl groups is 1. The van der Waals surface area contributed by atoms with Crippen LogP contribution < -0.4 is 0 Å². The summed E-state index contributed by atoms with van der Waals surface area (Å²) in [7, 11) is 0. The number of carbonyl (C=O) groups is 1. The predicted octanol–water partition coefficient (Wildman–Crippen LogP) is 1.01. The molecule has 1 N–H and O–H groups in total. The van der Waals surface area contributed by atoms with Crippen LogP contribution >= 0.6 is 0 Å². The predicted molar refractivity (Wildman–Crippen MR) is 54.1 cm³/mol. The summed E-state index contributed by atoms with van der Waals surface area (Å²) in [4.78, 5) is 14.4. The van der Waals surface area contributed by atoms with Gasteiger partial charge in [0.15, 0.2) is 5.72 Å². The summed E-state index contributed by atoms with van der Waals surface area (Å²) in [5.41, 5.74) is -3.20. The third-order valence-corrected chi connectivity index (χ3v) is 2.59. The normalized spacial score (nSPS) is 24.0. The molecule has 0 radical (unpaired) electrons. The number of halogens is 3. The Bertz CT molecular complexity index is 489. The summed E-state index contributed by atoms with van der Waals surface area (Å²) in [6.07, 6.45) is -2.82. The molecule has 8 heteroatoms. The van der Waals surface area contributed by atoms with Gasteiger partial charge in [-0.1, -0.05) is 0 Å². The monoisotopic (exact) mass is 259 g/mol. The molecule has 2 heterocycles. The molecule has 0 saturated heterocycles. The summed E-state index contributed by atoms with van der Waals surface area (Å²) in [5, 5.41) is 13.7. The van der Waals surface area contributed by atoms with Crippen molar-refractivity contribution in [2.45, 2.75) is 18.3 Å². The third-order valence-electron chi connectivity index (χ3n) is 2.59. The van der Waals surface area contributed by atoms with Crippen molar-refractivity contribution in [3.05, 3.63) is 30.1 Å². The lowest BCUT2D eigenvalue weighted by molar-refractivity contribution is -0.144. The number of carbonyl (C=O) groups excluding carboxylic acids is 1. The van der Waals surface area contributed by atoms with Gasteiger partial charge in [-0.25, -0.2) is 0 Å². The van der Waals surface area contributed by atoms with Crippen molar-refractivity contribution < 1.29 is 23.1 Å². The lowest BCUT2D eigenvalue weighted by Crippen LogP contribution is -2.39. The van der Waals surface area contributed by atoms with Gasteiger partial charge in [0.2, 0.25) is 6.41 Å². The molecule has 0 fully saturated rings. The molecule has 0 spiro atoms. The molecule has 1 atom stereocenters. The van der Waals surface area contributed by atoms with Crippen molar-refractivity contribution in [2.75, 3.05) is 0 Å². The average molecular weight is 259 g/mol. The van der Waals surface area contributed by atoms with Crippen LogP contribution in [0.4, 0.5) is 13.2 Å². The average Bonchev–Trinajstić information content (AvgIpc) is 2.69. The van der Waals surface area contributed by atoms with Crippen LogP contribution in [0.5, 0.6) is 0 Å². The number of alkyl halides is 3. The molecule has 5 nitrogen and oxygen atoms in total. The maximum Gasteiger partial charge on any atom is 0.431 e. The number of amides is 1. The summed E-state index contributed by atoms with van der Waals surface area (Å²) in [6.45, 7) is 0. The van der Waals surface area contributed by atoms with Crippen LogP contribution in [-0.2, 0) is 10.5 Å². The van der Waals surface area contributed by atoms with Crippen molar-refractivity contribution in [3.8, 4) is 0 Å². The summed E-state index contributed by atoms with van der Waals surface area (Å²) < 4.78 is 37.6. The van der Waals surface area contributed by atoms with Gasteiger partial charge in [0, 0.05) is 18.0 Å². The van der Waals surface area contributed by atoms with E-state index in [1.165, 1.54) is 24.5 Å². The molecule has 0 aliphatic carbocycles. The number of hydrogen-bond donors (Lipinski definition) is 1. The molecule has 1 aromatic rings. The van der Waals surface area contributed by atoms with E-state index in [9.17, 15) is 23.1 Å². The zero-order chi connectivity index (χ0) is 13.4. The molecular weight excluding hydrogens is 251 g/mol. The maximum absolute atomic E-state index is 12.5. The standard InChI is InChI=1S/C10H8F3N3O2/c11-10(12,13)8-5-9(18,16(6-17)15-8)7-1-3-14-4-2-7/h1-4,6,18H,5H2/t9-/m0/s1. The van der Waals surface area contributed by atoms with E-state index in [1.54, 1.807) is 0 Å². The minimum Gasteiger partial charge on any atom is -0.365 e. The van der Waals surface area contributed by atoms with Crippen LogP contribution in [0.2, 0.25) is 0 Å². The molecule has 0 saturated carbocycles. The molecule has 2 rings (SSSR count). The highest BCUT2D eigenvalue weighted by atomic mass is 19.4.